The third-order valence-electron chi connectivity index (χ3n) is 6.27. The van der Waals surface area contributed by atoms with Gasteiger partial charge in [-0.2, -0.15) is 4.31 Å². The van der Waals surface area contributed by atoms with E-state index in [1.165, 1.54) is 29.3 Å². The molecule has 7 heteroatoms. The summed E-state index contributed by atoms with van der Waals surface area (Å²) in [7, 11) is -3.59. The molecule has 0 spiro atoms. The second-order valence-corrected chi connectivity index (χ2v) is 10.5. The first-order valence-electron chi connectivity index (χ1n) is 11.2. The minimum atomic E-state index is -3.59. The van der Waals surface area contributed by atoms with Crippen molar-refractivity contribution >= 4 is 27.3 Å². The first kappa shape index (κ1) is 21.8. The van der Waals surface area contributed by atoms with Crippen molar-refractivity contribution in [1.29, 1.82) is 0 Å². The minimum Gasteiger partial charge on any atom is -0.372 e. The number of carbonyl (C=O) groups is 1. The Morgan fingerprint density at radius 1 is 0.903 bits per heavy atom. The van der Waals surface area contributed by atoms with Crippen LogP contribution in [0.25, 0.3) is 0 Å². The highest BCUT2D eigenvalue weighted by atomic mass is 32.2. The molecule has 2 aliphatic heterocycles. The Balaban J connectivity index is 1.39. The van der Waals surface area contributed by atoms with Gasteiger partial charge >= 0.3 is 0 Å². The highest BCUT2D eigenvalue weighted by molar-refractivity contribution is 7.89. The Bertz CT molecular complexity index is 997. The zero-order valence-electron chi connectivity index (χ0n) is 18.1. The molecule has 1 atom stereocenters. The lowest BCUT2D eigenvalue weighted by Gasteiger charge is -2.31. The third-order valence-corrected chi connectivity index (χ3v) is 8.15. The topological polar surface area (TPSA) is 69.7 Å². The van der Waals surface area contributed by atoms with Gasteiger partial charge in [0.25, 0.3) is 0 Å². The van der Waals surface area contributed by atoms with E-state index in [-0.39, 0.29) is 23.3 Å². The molecule has 166 valence electrons. The number of piperidine rings is 2. The summed E-state index contributed by atoms with van der Waals surface area (Å²) >= 11 is 0. The highest BCUT2D eigenvalue weighted by Crippen LogP contribution is 2.26. The van der Waals surface area contributed by atoms with Gasteiger partial charge in [0.05, 0.1) is 10.8 Å². The fraction of sp³-hybridized carbons (Fsp3) is 0.458. The largest absolute Gasteiger partial charge is 0.372 e. The van der Waals surface area contributed by atoms with Crippen LogP contribution in [0.15, 0.2) is 53.4 Å². The second kappa shape index (κ2) is 9.40. The van der Waals surface area contributed by atoms with Crippen molar-refractivity contribution in [1.82, 2.24) is 4.31 Å². The molecule has 0 aromatic heterocycles. The Morgan fingerprint density at radius 2 is 1.58 bits per heavy atom. The molecule has 0 unspecified atom stereocenters. The SMILES string of the molecule is Cc1ccc(S(=O)(=O)N2CCC[C@@H](C(=O)Nc3ccc(N4CCCCC4)cc3)C2)cc1. The van der Waals surface area contributed by atoms with Gasteiger partial charge in [-0.3, -0.25) is 4.79 Å². The smallest absolute Gasteiger partial charge is 0.243 e. The van der Waals surface area contributed by atoms with Crippen molar-refractivity contribution in [3.05, 3.63) is 54.1 Å². The van der Waals surface area contributed by atoms with Gasteiger partial charge in [0.15, 0.2) is 0 Å². The zero-order valence-corrected chi connectivity index (χ0v) is 18.9. The molecular formula is C24H31N3O3S. The number of sulfonamides is 1. The monoisotopic (exact) mass is 441 g/mol. The van der Waals surface area contributed by atoms with Crippen LogP contribution in [0.2, 0.25) is 0 Å². The van der Waals surface area contributed by atoms with Gasteiger partial charge in [0, 0.05) is 37.6 Å². The van der Waals surface area contributed by atoms with Gasteiger partial charge < -0.3 is 10.2 Å². The fourth-order valence-electron chi connectivity index (χ4n) is 4.39. The van der Waals surface area contributed by atoms with E-state index in [2.05, 4.69) is 22.3 Å². The van der Waals surface area contributed by atoms with Crippen molar-refractivity contribution in [2.45, 2.75) is 43.9 Å². The first-order chi connectivity index (χ1) is 14.9. The molecule has 4 rings (SSSR count). The van der Waals surface area contributed by atoms with E-state index in [9.17, 15) is 13.2 Å². The van der Waals surface area contributed by atoms with Crippen molar-refractivity contribution in [2.24, 2.45) is 5.92 Å². The summed E-state index contributed by atoms with van der Waals surface area (Å²) in [4.78, 5) is 15.5. The van der Waals surface area contributed by atoms with Gasteiger partial charge in [-0.15, -0.1) is 0 Å². The average molecular weight is 442 g/mol. The van der Waals surface area contributed by atoms with Crippen LogP contribution in [0.4, 0.5) is 11.4 Å². The van der Waals surface area contributed by atoms with E-state index in [0.717, 1.165) is 24.3 Å². The van der Waals surface area contributed by atoms with Crippen LogP contribution >= 0.6 is 0 Å². The maximum atomic E-state index is 13.0. The molecule has 0 saturated carbocycles. The summed E-state index contributed by atoms with van der Waals surface area (Å²) in [6.45, 7) is 4.76. The van der Waals surface area contributed by atoms with Crippen LogP contribution in [0.1, 0.15) is 37.7 Å². The molecule has 2 aromatic carbocycles. The fourth-order valence-corrected chi connectivity index (χ4v) is 5.91. The number of carbonyl (C=O) groups excluding carboxylic acids is 1. The van der Waals surface area contributed by atoms with E-state index in [1.54, 1.807) is 24.3 Å². The number of rotatable bonds is 5. The molecule has 2 aromatic rings. The highest BCUT2D eigenvalue weighted by Gasteiger charge is 2.33. The molecule has 1 N–H and O–H groups in total. The number of amides is 1. The molecule has 1 amide bonds. The van der Waals surface area contributed by atoms with Gasteiger partial charge in [-0.1, -0.05) is 17.7 Å². The van der Waals surface area contributed by atoms with Crippen LogP contribution in [-0.4, -0.2) is 44.8 Å². The lowest BCUT2D eigenvalue weighted by atomic mass is 9.98. The van der Waals surface area contributed by atoms with E-state index in [0.29, 0.717) is 19.4 Å². The van der Waals surface area contributed by atoms with Crippen LogP contribution < -0.4 is 10.2 Å². The van der Waals surface area contributed by atoms with E-state index in [1.807, 2.05) is 19.1 Å². The number of nitrogens with one attached hydrogen (secondary N) is 1. The molecule has 6 nitrogen and oxygen atoms in total. The van der Waals surface area contributed by atoms with Crippen LogP contribution in [0.5, 0.6) is 0 Å². The number of anilines is 2. The predicted molar refractivity (Wildman–Crippen MR) is 124 cm³/mol. The van der Waals surface area contributed by atoms with Crippen molar-refractivity contribution < 1.29 is 13.2 Å². The lowest BCUT2D eigenvalue weighted by Crippen LogP contribution is -2.43. The summed E-state index contributed by atoms with van der Waals surface area (Å²) < 4.78 is 27.5. The molecule has 0 aliphatic carbocycles. The normalized spacial score (nSPS) is 20.4. The molecule has 2 fully saturated rings. The van der Waals surface area contributed by atoms with Crippen LogP contribution in [0.3, 0.4) is 0 Å². The second-order valence-electron chi connectivity index (χ2n) is 8.60. The van der Waals surface area contributed by atoms with E-state index < -0.39 is 10.0 Å². The molecular weight excluding hydrogens is 410 g/mol. The number of benzene rings is 2. The van der Waals surface area contributed by atoms with Gasteiger partial charge in [0.2, 0.25) is 15.9 Å². The molecule has 2 aliphatic rings. The Hall–Kier alpha value is -2.38. The number of aryl methyl sites for hydroxylation is 1. The van der Waals surface area contributed by atoms with Gasteiger partial charge in [0.1, 0.15) is 0 Å². The van der Waals surface area contributed by atoms with Crippen molar-refractivity contribution in [3.8, 4) is 0 Å². The molecule has 2 heterocycles. The summed E-state index contributed by atoms with van der Waals surface area (Å²) in [5, 5.41) is 2.98. The minimum absolute atomic E-state index is 0.116. The van der Waals surface area contributed by atoms with Crippen molar-refractivity contribution in [2.75, 3.05) is 36.4 Å². The van der Waals surface area contributed by atoms with E-state index in [4.69, 9.17) is 0 Å². The summed E-state index contributed by atoms with van der Waals surface area (Å²) in [6.07, 6.45) is 5.11. The van der Waals surface area contributed by atoms with Gasteiger partial charge in [-0.25, -0.2) is 8.42 Å². The van der Waals surface area contributed by atoms with Crippen LogP contribution in [-0.2, 0) is 14.8 Å². The Kier molecular flexibility index (Phi) is 6.62. The predicted octanol–water partition coefficient (Wildman–Crippen LogP) is 4.02. The lowest BCUT2D eigenvalue weighted by molar-refractivity contribution is -0.120. The maximum absolute atomic E-state index is 13.0. The summed E-state index contributed by atoms with van der Waals surface area (Å²) in [6, 6.07) is 14.8. The number of hydrogen-bond donors (Lipinski definition) is 1. The molecule has 0 radical (unpaired) electrons. The molecule has 0 bridgehead atoms. The quantitative estimate of drug-likeness (QED) is 0.761. The first-order valence-corrected chi connectivity index (χ1v) is 12.6. The average Bonchev–Trinajstić information content (AvgIpc) is 2.80. The standard InChI is InChI=1S/C24H31N3O3S/c1-19-7-13-23(14-8-19)31(29,30)27-17-5-6-20(18-27)24(28)25-21-9-11-22(12-10-21)26-15-3-2-4-16-26/h7-14,20H,2-6,15-18H2,1H3,(H,25,28)/t20-/m1/s1. The maximum Gasteiger partial charge on any atom is 0.243 e. The molecule has 31 heavy (non-hydrogen) atoms. The Labute approximate surface area is 185 Å². The van der Waals surface area contributed by atoms with E-state index >= 15 is 0 Å². The van der Waals surface area contributed by atoms with Crippen molar-refractivity contribution in [3.63, 3.8) is 0 Å². The summed E-state index contributed by atoms with van der Waals surface area (Å²) in [5.41, 5.74) is 2.95. The number of nitrogens with zero attached hydrogens (tertiary/aromatic N) is 2. The Morgan fingerprint density at radius 3 is 2.26 bits per heavy atom. The van der Waals surface area contributed by atoms with Gasteiger partial charge in [-0.05, 0) is 75.4 Å². The number of hydrogen-bond acceptors (Lipinski definition) is 4. The third kappa shape index (κ3) is 5.10. The van der Waals surface area contributed by atoms with Crippen LogP contribution in [0, 0.1) is 12.8 Å². The molecule has 2 saturated heterocycles. The zero-order chi connectivity index (χ0) is 21.8. The summed E-state index contributed by atoms with van der Waals surface area (Å²) in [5.74, 6) is -0.467.